The SMILES string of the molecule is O=c1c(Br)cncn1CCCCCCO. The molecule has 1 rings (SSSR count). The predicted octanol–water partition coefficient (Wildman–Crippen LogP) is 1.56. The third-order valence-electron chi connectivity index (χ3n) is 2.17. The maximum absolute atomic E-state index is 11.5. The van der Waals surface area contributed by atoms with E-state index in [4.69, 9.17) is 5.11 Å². The Hall–Kier alpha value is -0.680. The molecular weight excluding hydrogens is 260 g/mol. The lowest BCUT2D eigenvalue weighted by Crippen LogP contribution is -2.20. The first-order chi connectivity index (χ1) is 7.25. The van der Waals surface area contributed by atoms with Gasteiger partial charge in [0, 0.05) is 19.3 Å². The molecule has 0 spiro atoms. The first kappa shape index (κ1) is 12.4. The third kappa shape index (κ3) is 4.13. The lowest BCUT2D eigenvalue weighted by molar-refractivity contribution is 0.282. The monoisotopic (exact) mass is 274 g/mol. The van der Waals surface area contributed by atoms with Gasteiger partial charge >= 0.3 is 0 Å². The van der Waals surface area contributed by atoms with Gasteiger partial charge in [0.15, 0.2) is 0 Å². The summed E-state index contributed by atoms with van der Waals surface area (Å²) in [6.45, 7) is 0.940. The molecule has 15 heavy (non-hydrogen) atoms. The molecule has 1 aromatic heterocycles. The Morgan fingerprint density at radius 1 is 1.33 bits per heavy atom. The van der Waals surface area contributed by atoms with Gasteiger partial charge in [-0.15, -0.1) is 0 Å². The van der Waals surface area contributed by atoms with E-state index in [9.17, 15) is 4.79 Å². The molecule has 1 heterocycles. The molecule has 0 unspecified atom stereocenters. The summed E-state index contributed by atoms with van der Waals surface area (Å²) in [4.78, 5) is 15.5. The van der Waals surface area contributed by atoms with Gasteiger partial charge in [-0.25, -0.2) is 4.98 Å². The number of hydrogen-bond donors (Lipinski definition) is 1. The summed E-state index contributed by atoms with van der Waals surface area (Å²) in [5.74, 6) is 0. The van der Waals surface area contributed by atoms with E-state index in [0.717, 1.165) is 25.7 Å². The lowest BCUT2D eigenvalue weighted by atomic mass is 10.2. The van der Waals surface area contributed by atoms with Crippen LogP contribution in [0, 0.1) is 0 Å². The molecule has 0 amide bonds. The van der Waals surface area contributed by atoms with Crippen molar-refractivity contribution in [2.75, 3.05) is 6.61 Å². The molecule has 0 radical (unpaired) electrons. The van der Waals surface area contributed by atoms with Gasteiger partial charge in [0.05, 0.1) is 6.33 Å². The Kier molecular flexibility index (Phi) is 5.57. The van der Waals surface area contributed by atoms with Gasteiger partial charge in [0.1, 0.15) is 4.47 Å². The standard InChI is InChI=1S/C10H15BrN2O2/c11-9-7-12-8-13(10(9)15)5-3-1-2-4-6-14/h7-8,14H,1-6H2. The molecule has 0 aliphatic heterocycles. The molecule has 84 valence electrons. The van der Waals surface area contributed by atoms with Crippen LogP contribution in [0.4, 0.5) is 0 Å². The van der Waals surface area contributed by atoms with E-state index >= 15 is 0 Å². The van der Waals surface area contributed by atoms with E-state index in [2.05, 4.69) is 20.9 Å². The summed E-state index contributed by atoms with van der Waals surface area (Å²) in [5, 5.41) is 8.59. The van der Waals surface area contributed by atoms with Gasteiger partial charge in [0.25, 0.3) is 5.56 Å². The van der Waals surface area contributed by atoms with Crippen molar-refractivity contribution in [2.45, 2.75) is 32.2 Å². The highest BCUT2D eigenvalue weighted by atomic mass is 79.9. The highest BCUT2D eigenvalue weighted by Gasteiger charge is 1.99. The summed E-state index contributed by atoms with van der Waals surface area (Å²) in [5.41, 5.74) is -0.0350. The smallest absolute Gasteiger partial charge is 0.267 e. The first-order valence-electron chi connectivity index (χ1n) is 5.06. The van der Waals surface area contributed by atoms with Crippen LogP contribution in [0.25, 0.3) is 0 Å². The van der Waals surface area contributed by atoms with E-state index in [1.165, 1.54) is 6.20 Å². The van der Waals surface area contributed by atoms with Crippen molar-refractivity contribution in [3.63, 3.8) is 0 Å². The van der Waals surface area contributed by atoms with Crippen molar-refractivity contribution in [1.29, 1.82) is 0 Å². The highest BCUT2D eigenvalue weighted by Crippen LogP contribution is 2.02. The van der Waals surface area contributed by atoms with Crippen LogP contribution >= 0.6 is 15.9 Å². The topological polar surface area (TPSA) is 55.1 Å². The molecular formula is C10H15BrN2O2. The average molecular weight is 275 g/mol. The number of nitrogens with zero attached hydrogens (tertiary/aromatic N) is 2. The van der Waals surface area contributed by atoms with E-state index in [0.29, 0.717) is 11.0 Å². The molecule has 5 heteroatoms. The third-order valence-corrected chi connectivity index (χ3v) is 2.71. The van der Waals surface area contributed by atoms with Crippen LogP contribution in [0.15, 0.2) is 21.8 Å². The maximum atomic E-state index is 11.5. The minimum absolute atomic E-state index is 0.0350. The van der Waals surface area contributed by atoms with Crippen LogP contribution in [-0.4, -0.2) is 21.3 Å². The Morgan fingerprint density at radius 2 is 2.07 bits per heavy atom. The van der Waals surface area contributed by atoms with Crippen LogP contribution in [0.1, 0.15) is 25.7 Å². The fraction of sp³-hybridized carbons (Fsp3) is 0.600. The Labute approximate surface area is 97.1 Å². The minimum atomic E-state index is -0.0350. The fourth-order valence-corrected chi connectivity index (χ4v) is 1.68. The molecule has 0 bridgehead atoms. The quantitative estimate of drug-likeness (QED) is 0.801. The van der Waals surface area contributed by atoms with Crippen molar-refractivity contribution < 1.29 is 5.11 Å². The van der Waals surface area contributed by atoms with Crippen molar-refractivity contribution in [2.24, 2.45) is 0 Å². The highest BCUT2D eigenvalue weighted by molar-refractivity contribution is 9.10. The Bertz CT molecular complexity index is 352. The van der Waals surface area contributed by atoms with Gasteiger partial charge < -0.3 is 5.11 Å². The Balaban J connectivity index is 2.38. The van der Waals surface area contributed by atoms with Crippen LogP contribution < -0.4 is 5.56 Å². The van der Waals surface area contributed by atoms with Gasteiger partial charge in [-0.05, 0) is 28.8 Å². The number of aryl methyl sites for hydroxylation is 1. The number of unbranched alkanes of at least 4 members (excludes halogenated alkanes) is 3. The summed E-state index contributed by atoms with van der Waals surface area (Å²) >= 11 is 3.15. The van der Waals surface area contributed by atoms with E-state index in [-0.39, 0.29) is 12.2 Å². The maximum Gasteiger partial charge on any atom is 0.267 e. The number of aliphatic hydroxyl groups excluding tert-OH is 1. The zero-order valence-electron chi connectivity index (χ0n) is 8.53. The van der Waals surface area contributed by atoms with Crippen molar-refractivity contribution in [3.8, 4) is 0 Å². The number of rotatable bonds is 6. The average Bonchev–Trinajstić information content (AvgIpc) is 2.24. The van der Waals surface area contributed by atoms with Crippen LogP contribution in [0.3, 0.4) is 0 Å². The van der Waals surface area contributed by atoms with Gasteiger partial charge in [-0.3, -0.25) is 9.36 Å². The van der Waals surface area contributed by atoms with Crippen molar-refractivity contribution in [3.05, 3.63) is 27.4 Å². The lowest BCUT2D eigenvalue weighted by Gasteiger charge is -2.04. The summed E-state index contributed by atoms with van der Waals surface area (Å²) in [7, 11) is 0. The van der Waals surface area contributed by atoms with E-state index < -0.39 is 0 Å². The largest absolute Gasteiger partial charge is 0.396 e. The number of aliphatic hydroxyl groups is 1. The zero-order valence-corrected chi connectivity index (χ0v) is 10.1. The second-order valence-electron chi connectivity index (χ2n) is 3.38. The van der Waals surface area contributed by atoms with Gasteiger partial charge in [0.2, 0.25) is 0 Å². The molecule has 1 N–H and O–H groups in total. The van der Waals surface area contributed by atoms with E-state index in [1.807, 2.05) is 0 Å². The number of hydrogen-bond acceptors (Lipinski definition) is 3. The van der Waals surface area contributed by atoms with Gasteiger partial charge in [-0.1, -0.05) is 12.8 Å². The molecule has 0 fully saturated rings. The minimum Gasteiger partial charge on any atom is -0.396 e. The van der Waals surface area contributed by atoms with Crippen LogP contribution in [-0.2, 0) is 6.54 Å². The second kappa shape index (κ2) is 6.74. The normalized spacial score (nSPS) is 10.5. The second-order valence-corrected chi connectivity index (χ2v) is 4.23. The molecule has 1 aromatic rings. The zero-order chi connectivity index (χ0) is 11.1. The van der Waals surface area contributed by atoms with Crippen LogP contribution in [0.2, 0.25) is 0 Å². The molecule has 0 saturated carbocycles. The van der Waals surface area contributed by atoms with Crippen molar-refractivity contribution >= 4 is 15.9 Å². The van der Waals surface area contributed by atoms with Crippen molar-refractivity contribution in [1.82, 2.24) is 9.55 Å². The van der Waals surface area contributed by atoms with E-state index in [1.54, 1.807) is 10.9 Å². The molecule has 0 aromatic carbocycles. The van der Waals surface area contributed by atoms with Crippen LogP contribution in [0.5, 0.6) is 0 Å². The van der Waals surface area contributed by atoms with Gasteiger partial charge in [-0.2, -0.15) is 0 Å². The molecule has 0 saturated heterocycles. The summed E-state index contributed by atoms with van der Waals surface area (Å²) in [6, 6.07) is 0. The number of halogens is 1. The predicted molar refractivity (Wildman–Crippen MR) is 61.8 cm³/mol. The fourth-order valence-electron chi connectivity index (χ4n) is 1.33. The molecule has 0 atom stereocenters. The number of aromatic nitrogens is 2. The molecule has 0 aliphatic carbocycles. The first-order valence-corrected chi connectivity index (χ1v) is 5.86. The summed E-state index contributed by atoms with van der Waals surface area (Å²) < 4.78 is 2.10. The molecule has 0 aliphatic rings. The summed E-state index contributed by atoms with van der Waals surface area (Å²) in [6.07, 6.45) is 6.87. The Morgan fingerprint density at radius 3 is 2.80 bits per heavy atom. The molecule has 4 nitrogen and oxygen atoms in total.